The summed E-state index contributed by atoms with van der Waals surface area (Å²) in [6.45, 7) is 3.00. The highest BCUT2D eigenvalue weighted by atomic mass is 35.5. The number of anilines is 2. The van der Waals surface area contributed by atoms with Crippen LogP contribution in [0.15, 0.2) is 48.5 Å². The summed E-state index contributed by atoms with van der Waals surface area (Å²) in [4.78, 5) is 18.5. The Morgan fingerprint density at radius 2 is 1.93 bits per heavy atom. The van der Waals surface area contributed by atoms with E-state index in [9.17, 15) is 4.79 Å². The van der Waals surface area contributed by atoms with Gasteiger partial charge in [-0.15, -0.1) is 0 Å². The number of para-hydroxylation sites is 1. The molecule has 6 heteroatoms. The van der Waals surface area contributed by atoms with Gasteiger partial charge in [-0.2, -0.15) is 0 Å². The molecule has 28 heavy (non-hydrogen) atoms. The number of morpholine rings is 1. The number of benzene rings is 2. The van der Waals surface area contributed by atoms with Crippen LogP contribution in [0.25, 0.3) is 22.6 Å². The molecule has 2 aromatic carbocycles. The standard InChI is InChI=1S/C22H18ClN3O2/c23-16-5-6-17-18(22(27)25-20(17)13-16)12-15-11-14-3-1-2-4-19(14)24-21(15)26-7-9-28-10-8-26/h1-6,11-13H,7-10H2,(H,25,27)/p+1/b18-12-. The number of aromatic nitrogens is 1. The van der Waals surface area contributed by atoms with E-state index in [0.29, 0.717) is 23.8 Å². The first-order valence-electron chi connectivity index (χ1n) is 9.30. The number of carbonyl (C=O) groups is 1. The van der Waals surface area contributed by atoms with Crippen LogP contribution >= 0.6 is 11.6 Å². The van der Waals surface area contributed by atoms with Gasteiger partial charge in [-0.05, 0) is 30.3 Å². The number of halogens is 1. The van der Waals surface area contributed by atoms with E-state index in [1.54, 1.807) is 6.07 Å². The minimum atomic E-state index is -0.113. The van der Waals surface area contributed by atoms with Gasteiger partial charge < -0.3 is 10.1 Å². The molecule has 1 saturated heterocycles. The van der Waals surface area contributed by atoms with Gasteiger partial charge in [-0.25, -0.2) is 4.98 Å². The van der Waals surface area contributed by atoms with Crippen molar-refractivity contribution in [1.29, 1.82) is 0 Å². The Kier molecular flexibility index (Phi) is 4.26. The summed E-state index contributed by atoms with van der Waals surface area (Å²) in [5.74, 6) is 0.892. The molecule has 0 bridgehead atoms. The predicted octanol–water partition coefficient (Wildman–Crippen LogP) is 3.64. The van der Waals surface area contributed by atoms with Gasteiger partial charge in [0.05, 0.1) is 24.5 Å². The summed E-state index contributed by atoms with van der Waals surface area (Å²) in [7, 11) is 0. The first kappa shape index (κ1) is 17.2. The van der Waals surface area contributed by atoms with Crippen molar-refractivity contribution in [3.05, 3.63) is 64.7 Å². The number of nitrogens with zero attached hydrogens (tertiary/aromatic N) is 1. The lowest BCUT2D eigenvalue weighted by Crippen LogP contribution is -2.40. The molecule has 2 aliphatic rings. The number of aromatic amines is 1. The van der Waals surface area contributed by atoms with E-state index in [2.05, 4.69) is 33.4 Å². The monoisotopic (exact) mass is 392 g/mol. The molecule has 1 aromatic heterocycles. The molecule has 0 radical (unpaired) electrons. The quantitative estimate of drug-likeness (QED) is 0.677. The molecule has 3 heterocycles. The Balaban J connectivity index is 1.67. The van der Waals surface area contributed by atoms with Crippen LogP contribution in [0.3, 0.4) is 0 Å². The van der Waals surface area contributed by atoms with E-state index in [-0.39, 0.29) is 5.91 Å². The highest BCUT2D eigenvalue weighted by Crippen LogP contribution is 2.36. The van der Waals surface area contributed by atoms with Crippen LogP contribution in [0.4, 0.5) is 11.5 Å². The molecule has 1 fully saturated rings. The van der Waals surface area contributed by atoms with Crippen molar-refractivity contribution in [3.63, 3.8) is 0 Å². The number of H-pyrrole nitrogens is 1. The summed E-state index contributed by atoms with van der Waals surface area (Å²) in [6, 6.07) is 15.8. The molecule has 140 valence electrons. The van der Waals surface area contributed by atoms with Gasteiger partial charge in [0.15, 0.2) is 0 Å². The average molecular weight is 393 g/mol. The highest BCUT2D eigenvalue weighted by Gasteiger charge is 2.27. The Morgan fingerprint density at radius 3 is 2.79 bits per heavy atom. The molecule has 5 rings (SSSR count). The molecule has 0 atom stereocenters. The Morgan fingerprint density at radius 1 is 1.11 bits per heavy atom. The summed E-state index contributed by atoms with van der Waals surface area (Å²) < 4.78 is 5.51. The van der Waals surface area contributed by atoms with Gasteiger partial charge >= 0.3 is 0 Å². The smallest absolute Gasteiger partial charge is 0.282 e. The maximum Gasteiger partial charge on any atom is 0.282 e. The zero-order valence-corrected chi connectivity index (χ0v) is 15.9. The van der Waals surface area contributed by atoms with Crippen LogP contribution in [-0.2, 0) is 9.53 Å². The molecule has 2 aliphatic heterocycles. The van der Waals surface area contributed by atoms with Crippen molar-refractivity contribution in [3.8, 4) is 0 Å². The number of amides is 1. The van der Waals surface area contributed by atoms with E-state index in [0.717, 1.165) is 46.6 Å². The largest absolute Gasteiger partial charge is 0.373 e. The second-order valence-electron chi connectivity index (χ2n) is 6.96. The van der Waals surface area contributed by atoms with Crippen molar-refractivity contribution in [2.75, 3.05) is 36.5 Å². The van der Waals surface area contributed by atoms with Gasteiger partial charge in [0.2, 0.25) is 0 Å². The summed E-state index contributed by atoms with van der Waals surface area (Å²) in [6.07, 6.45) is 1.96. The van der Waals surface area contributed by atoms with Gasteiger partial charge in [-0.3, -0.25) is 9.69 Å². The van der Waals surface area contributed by atoms with Crippen LogP contribution in [0.5, 0.6) is 0 Å². The van der Waals surface area contributed by atoms with Gasteiger partial charge in [0.25, 0.3) is 11.7 Å². The number of pyridine rings is 1. The number of fused-ring (bicyclic) bond motifs is 2. The zero-order chi connectivity index (χ0) is 19.1. The molecule has 3 aromatic rings. The van der Waals surface area contributed by atoms with Crippen molar-refractivity contribution >= 4 is 51.6 Å². The number of carbonyl (C=O) groups excluding carboxylic acids is 1. The SMILES string of the molecule is O=C1Nc2cc(Cl)ccc2/C1=C/c1cc2ccccc2[nH+]c1N1CCOCC1. The number of hydrogen-bond donors (Lipinski definition) is 1. The summed E-state index contributed by atoms with van der Waals surface area (Å²) >= 11 is 6.08. The number of ether oxygens (including phenoxy) is 1. The Bertz CT molecular complexity index is 1120. The molecule has 0 aliphatic carbocycles. The predicted molar refractivity (Wildman–Crippen MR) is 111 cm³/mol. The Hall–Kier alpha value is -2.89. The first-order valence-corrected chi connectivity index (χ1v) is 9.67. The van der Waals surface area contributed by atoms with E-state index in [1.165, 1.54) is 0 Å². The lowest BCUT2D eigenvalue weighted by atomic mass is 10.0. The number of nitrogens with one attached hydrogen (secondary N) is 2. The second-order valence-corrected chi connectivity index (χ2v) is 7.40. The fourth-order valence-electron chi connectivity index (χ4n) is 3.80. The van der Waals surface area contributed by atoms with Gasteiger partial charge in [0.1, 0.15) is 18.6 Å². The fourth-order valence-corrected chi connectivity index (χ4v) is 3.97. The summed E-state index contributed by atoms with van der Waals surface area (Å²) in [5, 5.41) is 4.61. The molecular formula is C22H19ClN3O2+. The molecule has 1 amide bonds. The average Bonchev–Trinajstić information content (AvgIpc) is 3.02. The van der Waals surface area contributed by atoms with Crippen LogP contribution in [-0.4, -0.2) is 32.2 Å². The molecule has 5 nitrogen and oxygen atoms in total. The van der Waals surface area contributed by atoms with Crippen molar-refractivity contribution in [2.45, 2.75) is 0 Å². The molecular weight excluding hydrogens is 374 g/mol. The van der Waals surface area contributed by atoms with Crippen LogP contribution in [0.1, 0.15) is 11.1 Å². The number of rotatable bonds is 2. The minimum absolute atomic E-state index is 0.113. The molecule has 0 spiro atoms. The van der Waals surface area contributed by atoms with Crippen LogP contribution in [0.2, 0.25) is 5.02 Å². The van der Waals surface area contributed by atoms with E-state index >= 15 is 0 Å². The third-order valence-electron chi connectivity index (χ3n) is 5.19. The van der Waals surface area contributed by atoms with Crippen molar-refractivity contribution in [1.82, 2.24) is 0 Å². The lowest BCUT2D eigenvalue weighted by Gasteiger charge is -2.23. The normalized spacial score (nSPS) is 17.8. The van der Waals surface area contributed by atoms with E-state index in [1.807, 2.05) is 30.3 Å². The second kappa shape index (κ2) is 6.93. The first-order chi connectivity index (χ1) is 13.7. The van der Waals surface area contributed by atoms with E-state index in [4.69, 9.17) is 16.3 Å². The topological polar surface area (TPSA) is 55.7 Å². The fraction of sp³-hybridized carbons (Fsp3) is 0.182. The lowest BCUT2D eigenvalue weighted by molar-refractivity contribution is -0.331. The Labute approximate surface area is 167 Å². The maximum absolute atomic E-state index is 12.6. The molecule has 0 saturated carbocycles. The zero-order valence-electron chi connectivity index (χ0n) is 15.2. The van der Waals surface area contributed by atoms with E-state index < -0.39 is 0 Å². The van der Waals surface area contributed by atoms with Crippen LogP contribution < -0.4 is 15.2 Å². The van der Waals surface area contributed by atoms with Crippen LogP contribution in [0, 0.1) is 0 Å². The van der Waals surface area contributed by atoms with Gasteiger partial charge in [0, 0.05) is 21.5 Å². The highest BCUT2D eigenvalue weighted by molar-refractivity contribution is 6.36. The third-order valence-corrected chi connectivity index (χ3v) is 5.43. The third kappa shape index (κ3) is 3.03. The number of hydrogen-bond acceptors (Lipinski definition) is 3. The maximum atomic E-state index is 12.6. The van der Waals surface area contributed by atoms with Gasteiger partial charge in [-0.1, -0.05) is 35.9 Å². The molecule has 0 unspecified atom stereocenters. The molecule has 2 N–H and O–H groups in total. The van der Waals surface area contributed by atoms with Crippen molar-refractivity contribution < 1.29 is 14.5 Å². The summed E-state index contributed by atoms with van der Waals surface area (Å²) in [5.41, 5.74) is 4.31. The van der Waals surface area contributed by atoms with Crippen molar-refractivity contribution in [2.24, 2.45) is 0 Å². The minimum Gasteiger partial charge on any atom is -0.373 e.